The fourth-order valence-corrected chi connectivity index (χ4v) is 4.82. The van der Waals surface area contributed by atoms with Crippen LogP contribution in [0.25, 0.3) is 0 Å². The zero-order valence-corrected chi connectivity index (χ0v) is 20.5. The normalized spacial score (nSPS) is 20.8. The van der Waals surface area contributed by atoms with E-state index in [2.05, 4.69) is 0 Å². The van der Waals surface area contributed by atoms with Gasteiger partial charge in [-0.2, -0.15) is 13.2 Å². The maximum atomic E-state index is 13.2. The van der Waals surface area contributed by atoms with Gasteiger partial charge < -0.3 is 19.3 Å². The molecule has 2 aromatic carbocycles. The lowest BCUT2D eigenvalue weighted by Gasteiger charge is -2.43. The Bertz CT molecular complexity index is 1060. The van der Waals surface area contributed by atoms with Crippen LogP contribution in [0.15, 0.2) is 48.5 Å². The summed E-state index contributed by atoms with van der Waals surface area (Å²) in [7, 11) is 0. The van der Waals surface area contributed by atoms with Gasteiger partial charge in [-0.3, -0.25) is 9.59 Å². The first-order valence-electron chi connectivity index (χ1n) is 11.9. The van der Waals surface area contributed by atoms with E-state index in [0.29, 0.717) is 56.5 Å². The van der Waals surface area contributed by atoms with E-state index in [1.165, 1.54) is 12.1 Å². The molecule has 4 rings (SSSR count). The number of halogens is 4. The van der Waals surface area contributed by atoms with Gasteiger partial charge in [0.05, 0.1) is 25.4 Å². The summed E-state index contributed by atoms with van der Waals surface area (Å²) < 4.78 is 50.2. The van der Waals surface area contributed by atoms with Crippen molar-refractivity contribution in [2.75, 3.05) is 46.0 Å². The number of ether oxygens (including phenoxy) is 2. The number of piperidine rings is 1. The number of nitrogens with zero attached hydrogens (tertiary/aromatic N) is 2. The number of hydrogen-bond donors (Lipinski definition) is 0. The predicted molar refractivity (Wildman–Crippen MR) is 128 cm³/mol. The van der Waals surface area contributed by atoms with Crippen LogP contribution in [0.3, 0.4) is 0 Å². The van der Waals surface area contributed by atoms with Gasteiger partial charge in [0.2, 0.25) is 5.91 Å². The largest absolute Gasteiger partial charge is 0.493 e. The van der Waals surface area contributed by atoms with Gasteiger partial charge in [-0.25, -0.2) is 0 Å². The molecule has 0 saturated carbocycles. The predicted octanol–water partition coefficient (Wildman–Crippen LogP) is 4.91. The Kier molecular flexibility index (Phi) is 8.10. The maximum absolute atomic E-state index is 13.2. The van der Waals surface area contributed by atoms with Gasteiger partial charge >= 0.3 is 6.18 Å². The van der Waals surface area contributed by atoms with Crippen molar-refractivity contribution in [1.82, 2.24) is 9.80 Å². The number of carbonyl (C=O) groups is 2. The molecule has 2 heterocycles. The monoisotopic (exact) mass is 524 g/mol. The highest BCUT2D eigenvalue weighted by Gasteiger charge is 2.41. The van der Waals surface area contributed by atoms with Crippen molar-refractivity contribution in [3.8, 4) is 5.75 Å². The highest BCUT2D eigenvalue weighted by atomic mass is 35.5. The number of alkyl halides is 3. The minimum atomic E-state index is -4.47. The Morgan fingerprint density at radius 3 is 2.28 bits per heavy atom. The van der Waals surface area contributed by atoms with Crippen LogP contribution in [0.2, 0.25) is 5.02 Å². The zero-order chi connectivity index (χ0) is 25.8. The first-order chi connectivity index (χ1) is 17.2. The number of morpholine rings is 1. The van der Waals surface area contributed by atoms with Gasteiger partial charge in [0.25, 0.3) is 5.91 Å². The second kappa shape index (κ2) is 11.1. The molecular formula is C26H28ClF3N2O4. The van der Waals surface area contributed by atoms with E-state index in [1.807, 2.05) is 0 Å². The second-order valence-electron chi connectivity index (χ2n) is 9.32. The molecule has 0 aromatic heterocycles. The van der Waals surface area contributed by atoms with Crippen LogP contribution >= 0.6 is 11.6 Å². The van der Waals surface area contributed by atoms with Crippen LogP contribution < -0.4 is 4.74 Å². The van der Waals surface area contributed by atoms with Crippen molar-refractivity contribution in [2.45, 2.75) is 25.4 Å². The number of hydrogen-bond acceptors (Lipinski definition) is 4. The van der Waals surface area contributed by atoms with Crippen molar-refractivity contribution < 1.29 is 32.2 Å². The van der Waals surface area contributed by atoms with Gasteiger partial charge in [0.15, 0.2) is 0 Å². The topological polar surface area (TPSA) is 59.1 Å². The lowest BCUT2D eigenvalue weighted by Crippen LogP contribution is -2.52. The van der Waals surface area contributed by atoms with Crippen molar-refractivity contribution in [3.63, 3.8) is 0 Å². The third kappa shape index (κ3) is 6.50. The molecule has 36 heavy (non-hydrogen) atoms. The van der Waals surface area contributed by atoms with E-state index in [-0.39, 0.29) is 37.0 Å². The Balaban J connectivity index is 1.52. The third-order valence-corrected chi connectivity index (χ3v) is 6.91. The molecule has 2 aromatic rings. The molecule has 2 saturated heterocycles. The second-order valence-corrected chi connectivity index (χ2v) is 9.75. The van der Waals surface area contributed by atoms with Crippen LogP contribution in [-0.4, -0.2) is 67.6 Å². The van der Waals surface area contributed by atoms with Crippen molar-refractivity contribution in [3.05, 3.63) is 64.7 Å². The van der Waals surface area contributed by atoms with Crippen molar-refractivity contribution in [2.24, 2.45) is 5.41 Å². The number of likely N-dealkylation sites (tertiary alicyclic amines) is 1. The lowest BCUT2D eigenvalue weighted by atomic mass is 9.77. The smallest absolute Gasteiger partial charge is 0.416 e. The molecule has 0 bridgehead atoms. The van der Waals surface area contributed by atoms with Gasteiger partial charge in [-0.05, 0) is 61.4 Å². The summed E-state index contributed by atoms with van der Waals surface area (Å²) in [5, 5.41) is 0.575. The average molecular weight is 525 g/mol. The molecule has 1 atom stereocenters. The molecule has 0 N–H and O–H groups in total. The Hall–Kier alpha value is -2.78. The van der Waals surface area contributed by atoms with Crippen LogP contribution in [-0.2, 0) is 15.7 Å². The number of rotatable bonds is 6. The maximum Gasteiger partial charge on any atom is 0.416 e. The number of benzene rings is 2. The van der Waals surface area contributed by atoms with E-state index in [4.69, 9.17) is 21.1 Å². The van der Waals surface area contributed by atoms with Crippen molar-refractivity contribution in [1.29, 1.82) is 0 Å². The standard InChI is InChI=1S/C26H28ClF3N2O4/c27-21-6-8-22(9-7-21)36-18-25(16-23(33)31-12-14-35-15-13-31)10-1-11-32(17-25)24(34)19-2-4-20(5-3-19)26(28,29)30/h2-9H,1,10-18H2/t25-/m1/s1. The molecule has 194 valence electrons. The summed E-state index contributed by atoms with van der Waals surface area (Å²) in [6, 6.07) is 11.1. The van der Waals surface area contributed by atoms with E-state index < -0.39 is 17.2 Å². The summed E-state index contributed by atoms with van der Waals surface area (Å²) in [6.07, 6.45) is -2.96. The molecule has 0 aliphatic carbocycles. The SMILES string of the molecule is O=C(C[C@]1(COc2ccc(Cl)cc2)CCCN(C(=O)c2ccc(C(F)(F)F)cc2)C1)N1CCOCC1. The molecular weight excluding hydrogens is 497 g/mol. The average Bonchev–Trinajstić information content (AvgIpc) is 2.88. The highest BCUT2D eigenvalue weighted by molar-refractivity contribution is 6.30. The zero-order valence-electron chi connectivity index (χ0n) is 19.7. The van der Waals surface area contributed by atoms with Crippen LogP contribution in [0.5, 0.6) is 5.75 Å². The van der Waals surface area contributed by atoms with Gasteiger partial charge in [-0.1, -0.05) is 11.6 Å². The van der Waals surface area contributed by atoms with E-state index >= 15 is 0 Å². The summed E-state index contributed by atoms with van der Waals surface area (Å²) in [6.45, 7) is 2.92. The Morgan fingerprint density at radius 2 is 1.64 bits per heavy atom. The number of carbonyl (C=O) groups excluding carboxylic acids is 2. The number of amides is 2. The van der Waals surface area contributed by atoms with Crippen LogP contribution in [0.1, 0.15) is 35.2 Å². The van der Waals surface area contributed by atoms with E-state index in [1.54, 1.807) is 34.1 Å². The molecule has 2 amide bonds. The minimum absolute atomic E-state index is 0.0261. The first kappa shape index (κ1) is 26.3. The molecule has 10 heteroatoms. The summed E-state index contributed by atoms with van der Waals surface area (Å²) in [4.78, 5) is 29.8. The fraction of sp³-hybridized carbons (Fsp3) is 0.462. The van der Waals surface area contributed by atoms with Crippen molar-refractivity contribution >= 4 is 23.4 Å². The lowest BCUT2D eigenvalue weighted by molar-refractivity contribution is -0.139. The minimum Gasteiger partial charge on any atom is -0.493 e. The summed E-state index contributed by atoms with van der Waals surface area (Å²) >= 11 is 5.97. The van der Waals surface area contributed by atoms with E-state index in [0.717, 1.165) is 12.1 Å². The van der Waals surface area contributed by atoms with Gasteiger partial charge in [0, 0.05) is 48.6 Å². The quantitative estimate of drug-likeness (QED) is 0.539. The Morgan fingerprint density at radius 1 is 0.972 bits per heavy atom. The third-order valence-electron chi connectivity index (χ3n) is 6.66. The molecule has 0 radical (unpaired) electrons. The van der Waals surface area contributed by atoms with Gasteiger partial charge in [-0.15, -0.1) is 0 Å². The molecule has 0 unspecified atom stereocenters. The van der Waals surface area contributed by atoms with Gasteiger partial charge in [0.1, 0.15) is 5.75 Å². The van der Waals surface area contributed by atoms with Crippen LogP contribution in [0.4, 0.5) is 13.2 Å². The highest BCUT2D eigenvalue weighted by Crippen LogP contribution is 2.36. The summed E-state index contributed by atoms with van der Waals surface area (Å²) in [5.41, 5.74) is -1.27. The van der Waals surface area contributed by atoms with E-state index in [9.17, 15) is 22.8 Å². The fourth-order valence-electron chi connectivity index (χ4n) is 4.69. The molecule has 2 aliphatic rings. The molecule has 2 aliphatic heterocycles. The van der Waals surface area contributed by atoms with Crippen LogP contribution in [0, 0.1) is 5.41 Å². The first-order valence-corrected chi connectivity index (χ1v) is 12.2. The molecule has 6 nitrogen and oxygen atoms in total. The summed E-state index contributed by atoms with van der Waals surface area (Å²) in [5.74, 6) is 0.212. The molecule has 2 fully saturated rings. The Labute approximate surface area is 212 Å². The molecule has 0 spiro atoms.